The van der Waals surface area contributed by atoms with Crippen LogP contribution >= 0.6 is 11.8 Å². The Balaban J connectivity index is 1.96. The summed E-state index contributed by atoms with van der Waals surface area (Å²) in [5, 5.41) is 0.456. The normalized spacial score (nSPS) is 11.4. The molecule has 3 rings (SSSR count). The molecule has 0 saturated carbocycles. The summed E-state index contributed by atoms with van der Waals surface area (Å²) in [7, 11) is 0. The van der Waals surface area contributed by atoms with E-state index in [0.717, 1.165) is 0 Å². The molecule has 3 aromatic rings. The summed E-state index contributed by atoms with van der Waals surface area (Å²) in [6.07, 6.45) is 0.0921. The number of thioether (sulfide) groups is 1. The van der Waals surface area contributed by atoms with Crippen LogP contribution in [0.5, 0.6) is 5.75 Å². The van der Waals surface area contributed by atoms with Gasteiger partial charge in [-0.15, -0.1) is 0 Å². The van der Waals surface area contributed by atoms with Gasteiger partial charge in [0.05, 0.1) is 11.4 Å². The van der Waals surface area contributed by atoms with Gasteiger partial charge in [-0.25, -0.2) is 15.0 Å². The predicted octanol–water partition coefficient (Wildman–Crippen LogP) is 3.74. The van der Waals surface area contributed by atoms with E-state index in [-0.39, 0.29) is 11.3 Å². The van der Waals surface area contributed by atoms with E-state index in [4.69, 9.17) is 4.74 Å². The Morgan fingerprint density at radius 3 is 2.43 bits per heavy atom. The Labute approximate surface area is 162 Å². The van der Waals surface area contributed by atoms with Crippen molar-refractivity contribution in [2.75, 3.05) is 12.4 Å². The maximum atomic E-state index is 12.7. The van der Waals surface area contributed by atoms with Gasteiger partial charge in [0.2, 0.25) is 0 Å². The third-order valence-electron chi connectivity index (χ3n) is 3.52. The van der Waals surface area contributed by atoms with Crippen molar-refractivity contribution in [3.05, 3.63) is 59.4 Å². The molecule has 0 atom stereocenters. The maximum Gasteiger partial charge on any atom is 0.422 e. The fourth-order valence-corrected chi connectivity index (χ4v) is 3.11. The zero-order valence-corrected chi connectivity index (χ0v) is 15.5. The summed E-state index contributed by atoms with van der Waals surface area (Å²) >= 11 is 1.37. The van der Waals surface area contributed by atoms with E-state index < -0.39 is 12.8 Å². The molecule has 0 bridgehead atoms. The van der Waals surface area contributed by atoms with Crippen molar-refractivity contribution in [2.24, 2.45) is 0 Å². The SMILES string of the molecule is CCSc1nc(-c2cncnc2)cc(=O)n1-c1ccc(OCC(F)(F)F)cc1. The highest BCUT2D eigenvalue weighted by atomic mass is 32.2. The molecule has 0 aliphatic rings. The minimum absolute atomic E-state index is 0.0600. The van der Waals surface area contributed by atoms with E-state index >= 15 is 0 Å². The number of nitrogens with zero attached hydrogens (tertiary/aromatic N) is 4. The second-order valence-electron chi connectivity index (χ2n) is 5.56. The van der Waals surface area contributed by atoms with Gasteiger partial charge in [-0.2, -0.15) is 13.2 Å². The van der Waals surface area contributed by atoms with Crippen LogP contribution < -0.4 is 10.3 Å². The first kappa shape index (κ1) is 19.9. The van der Waals surface area contributed by atoms with Crippen molar-refractivity contribution in [3.8, 4) is 22.7 Å². The number of aromatic nitrogens is 4. The number of halogens is 3. The third-order valence-corrected chi connectivity index (χ3v) is 4.34. The quantitative estimate of drug-likeness (QED) is 0.457. The van der Waals surface area contributed by atoms with E-state index in [1.807, 2.05) is 6.92 Å². The first-order chi connectivity index (χ1) is 13.4. The molecule has 0 saturated heterocycles. The summed E-state index contributed by atoms with van der Waals surface area (Å²) < 4.78 is 42.9. The van der Waals surface area contributed by atoms with E-state index in [1.165, 1.54) is 53.0 Å². The Morgan fingerprint density at radius 1 is 1.14 bits per heavy atom. The Morgan fingerprint density at radius 2 is 1.82 bits per heavy atom. The maximum absolute atomic E-state index is 12.7. The lowest BCUT2D eigenvalue weighted by Crippen LogP contribution is -2.21. The zero-order chi connectivity index (χ0) is 20.1. The molecule has 0 spiro atoms. The number of rotatable bonds is 6. The van der Waals surface area contributed by atoms with Gasteiger partial charge in [0.1, 0.15) is 12.1 Å². The van der Waals surface area contributed by atoms with E-state index in [1.54, 1.807) is 12.4 Å². The zero-order valence-electron chi connectivity index (χ0n) is 14.7. The number of benzene rings is 1. The van der Waals surface area contributed by atoms with Crippen LogP contribution in [0.25, 0.3) is 16.9 Å². The molecule has 0 aliphatic heterocycles. The van der Waals surface area contributed by atoms with Gasteiger partial charge in [0, 0.05) is 24.0 Å². The van der Waals surface area contributed by atoms with E-state index in [0.29, 0.717) is 27.9 Å². The summed E-state index contributed by atoms with van der Waals surface area (Å²) in [6.45, 7) is 0.548. The summed E-state index contributed by atoms with van der Waals surface area (Å²) in [5.41, 5.74) is 1.21. The smallest absolute Gasteiger partial charge is 0.422 e. The van der Waals surface area contributed by atoms with Gasteiger partial charge in [0.15, 0.2) is 11.8 Å². The van der Waals surface area contributed by atoms with Gasteiger partial charge >= 0.3 is 6.18 Å². The molecule has 0 unspecified atom stereocenters. The lowest BCUT2D eigenvalue weighted by molar-refractivity contribution is -0.153. The molecule has 10 heteroatoms. The number of alkyl halides is 3. The third kappa shape index (κ3) is 4.89. The second-order valence-corrected chi connectivity index (χ2v) is 6.79. The molecule has 0 N–H and O–H groups in total. The highest BCUT2D eigenvalue weighted by Crippen LogP contribution is 2.24. The van der Waals surface area contributed by atoms with Gasteiger partial charge in [-0.3, -0.25) is 9.36 Å². The van der Waals surface area contributed by atoms with Gasteiger partial charge in [0.25, 0.3) is 5.56 Å². The van der Waals surface area contributed by atoms with Gasteiger partial charge in [-0.05, 0) is 30.0 Å². The van der Waals surface area contributed by atoms with Crippen molar-refractivity contribution in [3.63, 3.8) is 0 Å². The van der Waals surface area contributed by atoms with Crippen molar-refractivity contribution < 1.29 is 17.9 Å². The molecular weight excluding hydrogens is 393 g/mol. The minimum Gasteiger partial charge on any atom is -0.484 e. The van der Waals surface area contributed by atoms with Crippen molar-refractivity contribution in [1.29, 1.82) is 0 Å². The molecular formula is C18H15F3N4O2S. The van der Waals surface area contributed by atoms with Crippen LogP contribution in [0.3, 0.4) is 0 Å². The van der Waals surface area contributed by atoms with Gasteiger partial charge in [-0.1, -0.05) is 18.7 Å². The molecule has 0 aliphatic carbocycles. The van der Waals surface area contributed by atoms with E-state index in [9.17, 15) is 18.0 Å². The summed E-state index contributed by atoms with van der Waals surface area (Å²) in [5.74, 6) is 0.735. The van der Waals surface area contributed by atoms with Crippen LogP contribution in [-0.2, 0) is 0 Å². The van der Waals surface area contributed by atoms with Crippen LogP contribution in [0.15, 0.2) is 59.0 Å². The summed E-state index contributed by atoms with van der Waals surface area (Å²) in [4.78, 5) is 25.1. The molecule has 28 heavy (non-hydrogen) atoms. The lowest BCUT2D eigenvalue weighted by atomic mass is 10.2. The monoisotopic (exact) mass is 408 g/mol. The number of ether oxygens (including phenoxy) is 1. The van der Waals surface area contributed by atoms with Crippen LogP contribution in [0.1, 0.15) is 6.92 Å². The second kappa shape index (κ2) is 8.42. The fourth-order valence-electron chi connectivity index (χ4n) is 2.36. The van der Waals surface area contributed by atoms with Crippen molar-refractivity contribution >= 4 is 11.8 Å². The van der Waals surface area contributed by atoms with Crippen LogP contribution in [0, 0.1) is 0 Å². The van der Waals surface area contributed by atoms with E-state index in [2.05, 4.69) is 15.0 Å². The number of hydrogen-bond acceptors (Lipinski definition) is 6. The Bertz CT molecular complexity index is 992. The molecule has 0 fully saturated rings. The van der Waals surface area contributed by atoms with Crippen LogP contribution in [-0.4, -0.2) is 38.1 Å². The average molecular weight is 408 g/mol. The first-order valence-corrected chi connectivity index (χ1v) is 9.18. The van der Waals surface area contributed by atoms with Crippen LogP contribution in [0.4, 0.5) is 13.2 Å². The Hall–Kier alpha value is -2.88. The molecule has 2 aromatic heterocycles. The molecule has 2 heterocycles. The molecule has 0 amide bonds. The topological polar surface area (TPSA) is 69.9 Å². The van der Waals surface area contributed by atoms with Gasteiger partial charge < -0.3 is 4.74 Å². The highest BCUT2D eigenvalue weighted by molar-refractivity contribution is 7.99. The number of hydrogen-bond donors (Lipinski definition) is 0. The minimum atomic E-state index is -4.42. The van der Waals surface area contributed by atoms with Crippen LogP contribution in [0.2, 0.25) is 0 Å². The molecule has 6 nitrogen and oxygen atoms in total. The highest BCUT2D eigenvalue weighted by Gasteiger charge is 2.28. The summed E-state index contributed by atoms with van der Waals surface area (Å²) in [6, 6.07) is 7.16. The van der Waals surface area contributed by atoms with Crippen molar-refractivity contribution in [2.45, 2.75) is 18.3 Å². The first-order valence-electron chi connectivity index (χ1n) is 8.19. The standard InChI is InChI=1S/C18H15F3N4O2S/c1-2-28-17-24-15(12-8-22-11-23-9-12)7-16(26)25(17)13-3-5-14(6-4-13)27-10-18(19,20)21/h3-9,11H,2,10H2,1H3. The van der Waals surface area contributed by atoms with Crippen molar-refractivity contribution in [1.82, 2.24) is 19.5 Å². The molecule has 1 aromatic carbocycles. The predicted molar refractivity (Wildman–Crippen MR) is 98.8 cm³/mol. The largest absolute Gasteiger partial charge is 0.484 e. The fraction of sp³-hybridized carbons (Fsp3) is 0.222. The average Bonchev–Trinajstić information content (AvgIpc) is 2.67. The molecule has 146 valence electrons. The lowest BCUT2D eigenvalue weighted by Gasteiger charge is -2.14. The molecule has 0 radical (unpaired) electrons. The Kier molecular flexibility index (Phi) is 5.98.